The predicted molar refractivity (Wildman–Crippen MR) is 112 cm³/mol. The fourth-order valence-corrected chi connectivity index (χ4v) is 5.63. The average Bonchev–Trinajstić information content (AvgIpc) is 3.18. The Bertz CT molecular complexity index is 982. The van der Waals surface area contributed by atoms with Crippen LogP contribution in [-0.2, 0) is 34.3 Å². The van der Waals surface area contributed by atoms with Crippen LogP contribution in [0.2, 0.25) is 0 Å². The average molecular weight is 430 g/mol. The van der Waals surface area contributed by atoms with E-state index in [0.29, 0.717) is 45.3 Å². The number of carbonyl (C=O) groups excluding carboxylic acids is 1. The maximum absolute atomic E-state index is 12.7. The van der Waals surface area contributed by atoms with Gasteiger partial charge < -0.3 is 10.0 Å². The summed E-state index contributed by atoms with van der Waals surface area (Å²) in [6.45, 7) is 1.87. The first-order valence-electron chi connectivity index (χ1n) is 10.4. The number of fused-ring (bicyclic) bond motifs is 1. The first kappa shape index (κ1) is 21.0. The van der Waals surface area contributed by atoms with E-state index in [1.54, 1.807) is 18.3 Å². The van der Waals surface area contributed by atoms with Crippen molar-refractivity contribution in [3.05, 3.63) is 59.4 Å². The van der Waals surface area contributed by atoms with E-state index >= 15 is 0 Å². The highest BCUT2D eigenvalue weighted by atomic mass is 32.2. The van der Waals surface area contributed by atoms with Crippen molar-refractivity contribution in [2.45, 2.75) is 56.2 Å². The Balaban J connectivity index is 1.28. The first-order chi connectivity index (χ1) is 14.4. The lowest BCUT2D eigenvalue weighted by molar-refractivity contribution is -0.131. The summed E-state index contributed by atoms with van der Waals surface area (Å²) in [5.74, 6) is 0.133. The van der Waals surface area contributed by atoms with Gasteiger partial charge in [-0.15, -0.1) is 0 Å². The minimum atomic E-state index is -3.58. The molecule has 1 aromatic heterocycles. The van der Waals surface area contributed by atoms with E-state index in [2.05, 4.69) is 4.98 Å². The number of aromatic nitrogens is 1. The van der Waals surface area contributed by atoms with E-state index in [-0.39, 0.29) is 17.3 Å². The van der Waals surface area contributed by atoms with Crippen LogP contribution >= 0.6 is 0 Å². The summed E-state index contributed by atoms with van der Waals surface area (Å²) >= 11 is 0. The molecule has 0 radical (unpaired) electrons. The fourth-order valence-electron chi connectivity index (χ4n) is 4.11. The second kappa shape index (κ2) is 8.83. The van der Waals surface area contributed by atoms with E-state index in [1.807, 2.05) is 29.3 Å². The van der Waals surface area contributed by atoms with Crippen molar-refractivity contribution in [3.8, 4) is 0 Å². The number of benzene rings is 1. The largest absolute Gasteiger partial charge is 0.392 e. The summed E-state index contributed by atoms with van der Waals surface area (Å²) in [5, 5.41) is 9.77. The molecular formula is C22H27N3O4S. The molecular weight excluding hydrogens is 402 g/mol. The molecule has 30 heavy (non-hydrogen) atoms. The fraction of sp³-hybridized carbons (Fsp3) is 0.455. The van der Waals surface area contributed by atoms with Crippen molar-refractivity contribution in [1.29, 1.82) is 0 Å². The molecule has 3 heterocycles. The molecule has 0 spiro atoms. The van der Waals surface area contributed by atoms with Crippen molar-refractivity contribution >= 4 is 15.9 Å². The van der Waals surface area contributed by atoms with E-state index in [0.717, 1.165) is 23.1 Å². The highest BCUT2D eigenvalue weighted by Crippen LogP contribution is 2.23. The van der Waals surface area contributed by atoms with Crippen LogP contribution in [0.5, 0.6) is 0 Å². The Labute approximate surface area is 177 Å². The number of piperidine rings is 1. The highest BCUT2D eigenvalue weighted by molar-refractivity contribution is 7.89. The molecule has 160 valence electrons. The molecule has 1 fully saturated rings. The molecule has 1 aromatic carbocycles. The van der Waals surface area contributed by atoms with Crippen LogP contribution < -0.4 is 0 Å². The number of rotatable bonds is 6. The number of hydrogen-bond acceptors (Lipinski definition) is 5. The van der Waals surface area contributed by atoms with Gasteiger partial charge in [0.05, 0.1) is 11.0 Å². The Morgan fingerprint density at radius 1 is 1.13 bits per heavy atom. The van der Waals surface area contributed by atoms with Crippen LogP contribution in [0.15, 0.2) is 47.6 Å². The van der Waals surface area contributed by atoms with Crippen molar-refractivity contribution in [2.24, 2.45) is 0 Å². The van der Waals surface area contributed by atoms with Crippen LogP contribution in [0.3, 0.4) is 0 Å². The molecule has 1 N–H and O–H groups in total. The van der Waals surface area contributed by atoms with Crippen LogP contribution in [0.25, 0.3) is 0 Å². The predicted octanol–water partition coefficient (Wildman–Crippen LogP) is 2.09. The highest BCUT2D eigenvalue weighted by Gasteiger charge is 2.29. The van der Waals surface area contributed by atoms with Crippen molar-refractivity contribution in [3.63, 3.8) is 0 Å². The molecule has 2 aliphatic heterocycles. The molecule has 0 bridgehead atoms. The van der Waals surface area contributed by atoms with Gasteiger partial charge in [0.15, 0.2) is 0 Å². The second-order valence-corrected chi connectivity index (χ2v) is 9.99. The lowest BCUT2D eigenvalue weighted by Crippen LogP contribution is -2.42. The van der Waals surface area contributed by atoms with Gasteiger partial charge in [-0.3, -0.25) is 9.78 Å². The van der Waals surface area contributed by atoms with Crippen molar-refractivity contribution in [1.82, 2.24) is 14.2 Å². The van der Waals surface area contributed by atoms with Gasteiger partial charge in [0, 0.05) is 45.0 Å². The number of sulfonamides is 1. The molecule has 1 saturated heterocycles. The normalized spacial score (nSPS) is 19.6. The summed E-state index contributed by atoms with van der Waals surface area (Å²) in [7, 11) is -3.58. The van der Waals surface area contributed by atoms with Gasteiger partial charge >= 0.3 is 0 Å². The summed E-state index contributed by atoms with van der Waals surface area (Å²) in [6.07, 6.45) is 6.20. The number of hydrogen-bond donors (Lipinski definition) is 1. The Morgan fingerprint density at radius 2 is 1.90 bits per heavy atom. The smallest absolute Gasteiger partial charge is 0.243 e. The van der Waals surface area contributed by atoms with Crippen LogP contribution in [0, 0.1) is 0 Å². The first-order valence-corrected chi connectivity index (χ1v) is 11.8. The summed E-state index contributed by atoms with van der Waals surface area (Å²) in [4.78, 5) is 18.7. The summed E-state index contributed by atoms with van der Waals surface area (Å²) in [6, 6.07) is 8.84. The zero-order valence-electron chi connectivity index (χ0n) is 16.9. The molecule has 1 atom stereocenters. The number of β-amino-alcohol motifs (C(OH)–C–C–N with tert-alkyl or cyclic N) is 1. The minimum absolute atomic E-state index is 0.133. The van der Waals surface area contributed by atoms with E-state index in [9.17, 15) is 18.3 Å². The summed E-state index contributed by atoms with van der Waals surface area (Å²) < 4.78 is 26.9. The summed E-state index contributed by atoms with van der Waals surface area (Å²) in [5.41, 5.74) is 3.29. The molecule has 2 aromatic rings. The van der Waals surface area contributed by atoms with Gasteiger partial charge in [-0.2, -0.15) is 4.31 Å². The second-order valence-electron chi connectivity index (χ2n) is 8.05. The Kier molecular flexibility index (Phi) is 6.17. The van der Waals surface area contributed by atoms with Gasteiger partial charge in [0.25, 0.3) is 0 Å². The molecule has 2 aliphatic rings. The topological polar surface area (TPSA) is 90.8 Å². The third kappa shape index (κ3) is 4.55. The molecule has 1 unspecified atom stereocenters. The van der Waals surface area contributed by atoms with E-state index < -0.39 is 16.1 Å². The lowest BCUT2D eigenvalue weighted by atomic mass is 10.1. The van der Waals surface area contributed by atoms with E-state index in [4.69, 9.17) is 0 Å². The number of aliphatic hydroxyl groups is 1. The maximum atomic E-state index is 12.7. The number of aryl methyl sites for hydroxylation is 1. The van der Waals surface area contributed by atoms with E-state index in [1.165, 1.54) is 4.31 Å². The molecule has 0 saturated carbocycles. The minimum Gasteiger partial charge on any atom is -0.392 e. The van der Waals surface area contributed by atoms with Gasteiger partial charge in [0.1, 0.15) is 0 Å². The van der Waals surface area contributed by atoms with Crippen LogP contribution in [0.1, 0.15) is 42.4 Å². The van der Waals surface area contributed by atoms with Crippen LogP contribution in [-0.4, -0.2) is 52.8 Å². The van der Waals surface area contributed by atoms with Gasteiger partial charge in [0.2, 0.25) is 15.9 Å². The standard InChI is InChI=1S/C22H27N3O4S/c26-20-4-2-12-25(16-20)30(28,29)21-8-6-17(7-9-21)3-1-5-22(27)24-14-18-10-11-23-13-19(18)15-24/h6-11,13,20,26H,1-5,12,14-16H2. The quantitative estimate of drug-likeness (QED) is 0.759. The molecule has 4 rings (SSSR count). The van der Waals surface area contributed by atoms with Crippen LogP contribution in [0.4, 0.5) is 0 Å². The molecule has 8 heteroatoms. The molecule has 0 aliphatic carbocycles. The SMILES string of the molecule is O=C(CCCc1ccc(S(=O)(=O)N2CCCC(O)C2)cc1)N1Cc2ccncc2C1. The number of pyridine rings is 1. The number of amides is 1. The van der Waals surface area contributed by atoms with Crippen molar-refractivity contribution in [2.75, 3.05) is 13.1 Å². The van der Waals surface area contributed by atoms with Crippen molar-refractivity contribution < 1.29 is 18.3 Å². The number of aliphatic hydroxyl groups excluding tert-OH is 1. The third-order valence-electron chi connectivity index (χ3n) is 5.86. The van der Waals surface area contributed by atoms with Gasteiger partial charge in [-0.25, -0.2) is 8.42 Å². The Hall–Kier alpha value is -2.29. The Morgan fingerprint density at radius 3 is 2.63 bits per heavy atom. The lowest BCUT2D eigenvalue weighted by Gasteiger charge is -2.29. The van der Waals surface area contributed by atoms with Gasteiger partial charge in [-0.1, -0.05) is 12.1 Å². The third-order valence-corrected chi connectivity index (χ3v) is 7.74. The number of nitrogens with zero attached hydrogens (tertiary/aromatic N) is 3. The monoisotopic (exact) mass is 429 g/mol. The maximum Gasteiger partial charge on any atom is 0.243 e. The zero-order valence-corrected chi connectivity index (χ0v) is 17.7. The molecule has 7 nitrogen and oxygen atoms in total. The number of carbonyl (C=O) groups is 1. The molecule has 1 amide bonds. The zero-order chi connectivity index (χ0) is 21.1. The van der Waals surface area contributed by atoms with Gasteiger partial charge in [-0.05, 0) is 60.6 Å².